The number of hydrogen-bond donors (Lipinski definition) is 0. The molecule has 1 aromatic carbocycles. The fourth-order valence-electron chi connectivity index (χ4n) is 4.99. The van der Waals surface area contributed by atoms with Crippen LogP contribution in [-0.4, -0.2) is 30.0 Å². The van der Waals surface area contributed by atoms with Crippen molar-refractivity contribution in [1.29, 1.82) is 0 Å². The van der Waals surface area contributed by atoms with Crippen LogP contribution in [0.4, 0.5) is 0 Å². The number of allylic oxidation sites excluding steroid dienone is 2. The summed E-state index contributed by atoms with van der Waals surface area (Å²) in [4.78, 5) is 1.04. The quantitative estimate of drug-likeness (QED) is 0.727. The van der Waals surface area contributed by atoms with E-state index < -0.39 is 5.79 Å². The molecule has 0 N–H and O–H groups in total. The lowest BCUT2D eigenvalue weighted by Crippen LogP contribution is -2.56. The summed E-state index contributed by atoms with van der Waals surface area (Å²) in [5.41, 5.74) is 0.0538. The van der Waals surface area contributed by atoms with E-state index >= 15 is 0 Å². The van der Waals surface area contributed by atoms with E-state index in [0.29, 0.717) is 19.1 Å². The summed E-state index contributed by atoms with van der Waals surface area (Å²) in [6, 6.07) is 10.6. The smallest absolute Gasteiger partial charge is 0.188 e. The highest BCUT2D eigenvalue weighted by molar-refractivity contribution is 8.00. The number of benzene rings is 1. The molecule has 4 aliphatic rings. The van der Waals surface area contributed by atoms with Gasteiger partial charge in [0.2, 0.25) is 0 Å². The molecule has 2 fully saturated rings. The summed E-state index contributed by atoms with van der Waals surface area (Å²) >= 11 is 1.85. The van der Waals surface area contributed by atoms with Gasteiger partial charge in [0, 0.05) is 22.6 Å². The molecule has 3 nitrogen and oxygen atoms in total. The van der Waals surface area contributed by atoms with Crippen molar-refractivity contribution in [3.8, 4) is 0 Å². The lowest BCUT2D eigenvalue weighted by molar-refractivity contribution is -0.194. The second kappa shape index (κ2) is 5.71. The minimum Gasteiger partial charge on any atom is -0.360 e. The standard InChI is InChI=1S/C21H24O3S/c1-19(25-16-6-3-2-4-7-16)15-20-9-5-8-18(24-19)17(20)14-21(11-10-20)22-12-13-23-21/h2-7,9-11,17-18H,8,12-15H2,1H3/t17-,18+,19?,20-/m1/s1. The Morgan fingerprint density at radius 2 is 1.84 bits per heavy atom. The van der Waals surface area contributed by atoms with E-state index in [1.54, 1.807) is 0 Å². The Balaban J connectivity index is 1.47. The van der Waals surface area contributed by atoms with Crippen molar-refractivity contribution in [3.63, 3.8) is 0 Å². The van der Waals surface area contributed by atoms with Crippen LogP contribution in [0.2, 0.25) is 0 Å². The fourth-order valence-corrected chi connectivity index (χ4v) is 6.28. The molecule has 4 heteroatoms. The van der Waals surface area contributed by atoms with E-state index in [1.807, 2.05) is 11.8 Å². The molecule has 5 rings (SSSR count). The van der Waals surface area contributed by atoms with Crippen molar-refractivity contribution >= 4 is 11.8 Å². The van der Waals surface area contributed by atoms with Crippen LogP contribution >= 0.6 is 11.8 Å². The Hall–Kier alpha value is -1.07. The molecule has 0 aromatic heterocycles. The van der Waals surface area contributed by atoms with Crippen molar-refractivity contribution in [2.45, 2.75) is 47.9 Å². The monoisotopic (exact) mass is 356 g/mol. The minimum absolute atomic E-state index is 0.0538. The second-order valence-electron chi connectivity index (χ2n) is 7.79. The van der Waals surface area contributed by atoms with Crippen LogP contribution in [0.15, 0.2) is 59.5 Å². The lowest BCUT2D eigenvalue weighted by atomic mass is 9.59. The molecule has 0 amide bonds. The molecule has 4 atom stereocenters. The van der Waals surface area contributed by atoms with E-state index in [1.165, 1.54) is 4.90 Å². The summed E-state index contributed by atoms with van der Waals surface area (Å²) in [6.07, 6.45) is 12.3. The van der Waals surface area contributed by atoms with Gasteiger partial charge in [-0.2, -0.15) is 0 Å². The predicted molar refractivity (Wildman–Crippen MR) is 98.3 cm³/mol. The number of hydrogen-bond acceptors (Lipinski definition) is 4. The van der Waals surface area contributed by atoms with Crippen molar-refractivity contribution in [1.82, 2.24) is 0 Å². The highest BCUT2D eigenvalue weighted by atomic mass is 32.2. The van der Waals surface area contributed by atoms with Crippen molar-refractivity contribution in [2.75, 3.05) is 13.2 Å². The number of thioether (sulfide) groups is 1. The third-order valence-electron chi connectivity index (χ3n) is 5.97. The fraction of sp³-hybridized carbons (Fsp3) is 0.524. The van der Waals surface area contributed by atoms with Gasteiger partial charge in [-0.3, -0.25) is 0 Å². The van der Waals surface area contributed by atoms with Crippen LogP contribution < -0.4 is 0 Å². The van der Waals surface area contributed by atoms with Gasteiger partial charge in [0.15, 0.2) is 5.79 Å². The third kappa shape index (κ3) is 2.71. The average molecular weight is 356 g/mol. The van der Waals surface area contributed by atoms with E-state index in [4.69, 9.17) is 14.2 Å². The Kier molecular flexibility index (Phi) is 3.69. The highest BCUT2D eigenvalue weighted by Crippen LogP contribution is 2.60. The van der Waals surface area contributed by atoms with Gasteiger partial charge in [-0.1, -0.05) is 48.2 Å². The average Bonchev–Trinajstić information content (AvgIpc) is 3.04. The maximum atomic E-state index is 6.68. The van der Waals surface area contributed by atoms with Crippen LogP contribution in [-0.2, 0) is 14.2 Å². The van der Waals surface area contributed by atoms with Gasteiger partial charge in [0.25, 0.3) is 0 Å². The van der Waals surface area contributed by atoms with Crippen LogP contribution in [0.1, 0.15) is 26.2 Å². The van der Waals surface area contributed by atoms with Crippen LogP contribution in [0.3, 0.4) is 0 Å². The molecule has 2 aliphatic heterocycles. The Morgan fingerprint density at radius 1 is 1.04 bits per heavy atom. The summed E-state index contributed by atoms with van der Waals surface area (Å²) in [6.45, 7) is 3.62. The first-order valence-corrected chi connectivity index (χ1v) is 10.0. The Labute approximate surface area is 153 Å². The normalized spacial score (nSPS) is 41.0. The zero-order valence-electron chi connectivity index (χ0n) is 14.5. The predicted octanol–water partition coefficient (Wildman–Crippen LogP) is 4.55. The van der Waals surface area contributed by atoms with Crippen molar-refractivity contribution in [3.05, 3.63) is 54.6 Å². The van der Waals surface area contributed by atoms with Crippen LogP contribution in [0.25, 0.3) is 0 Å². The molecule has 2 aliphatic carbocycles. The van der Waals surface area contributed by atoms with E-state index in [-0.39, 0.29) is 16.5 Å². The Bertz CT molecular complexity index is 709. The largest absolute Gasteiger partial charge is 0.360 e. The molecule has 132 valence electrons. The van der Waals surface area contributed by atoms with Gasteiger partial charge in [-0.05, 0) is 38.0 Å². The van der Waals surface area contributed by atoms with Crippen LogP contribution in [0, 0.1) is 11.3 Å². The van der Waals surface area contributed by atoms with Crippen LogP contribution in [0.5, 0.6) is 0 Å². The third-order valence-corrected chi connectivity index (χ3v) is 7.15. The first-order chi connectivity index (χ1) is 12.1. The molecule has 0 saturated carbocycles. The van der Waals surface area contributed by atoms with Crippen molar-refractivity contribution < 1.29 is 14.2 Å². The highest BCUT2D eigenvalue weighted by Gasteiger charge is 2.58. The van der Waals surface area contributed by atoms with Crippen molar-refractivity contribution in [2.24, 2.45) is 11.3 Å². The maximum Gasteiger partial charge on any atom is 0.188 e. The lowest BCUT2D eigenvalue weighted by Gasteiger charge is -2.57. The van der Waals surface area contributed by atoms with E-state index in [9.17, 15) is 0 Å². The minimum atomic E-state index is -0.513. The molecule has 1 spiro atoms. The second-order valence-corrected chi connectivity index (χ2v) is 9.32. The maximum absolute atomic E-state index is 6.68. The molecule has 1 unspecified atom stereocenters. The molecule has 2 bridgehead atoms. The van der Waals surface area contributed by atoms with Gasteiger partial charge in [-0.15, -0.1) is 0 Å². The molecule has 2 saturated heterocycles. The molecule has 0 radical (unpaired) electrons. The number of ether oxygens (including phenoxy) is 3. The van der Waals surface area contributed by atoms with E-state index in [0.717, 1.165) is 19.3 Å². The van der Waals surface area contributed by atoms with E-state index in [2.05, 4.69) is 61.6 Å². The molecule has 2 heterocycles. The molecule has 25 heavy (non-hydrogen) atoms. The topological polar surface area (TPSA) is 27.7 Å². The molecular formula is C21H24O3S. The molecule has 1 aromatic rings. The SMILES string of the molecule is CC1(Sc2ccccc2)C[C@]23C=CC[C@H](O1)[C@H]2CC1(C=C3)OCCO1. The van der Waals surface area contributed by atoms with Gasteiger partial charge in [0.05, 0.1) is 19.3 Å². The summed E-state index contributed by atoms with van der Waals surface area (Å²) in [7, 11) is 0. The van der Waals surface area contributed by atoms with Gasteiger partial charge >= 0.3 is 0 Å². The van der Waals surface area contributed by atoms with Gasteiger partial charge in [0.1, 0.15) is 4.93 Å². The summed E-state index contributed by atoms with van der Waals surface area (Å²) in [5, 5.41) is 0. The Morgan fingerprint density at radius 3 is 2.64 bits per heavy atom. The first kappa shape index (κ1) is 16.1. The van der Waals surface area contributed by atoms with Gasteiger partial charge < -0.3 is 14.2 Å². The summed E-state index contributed by atoms with van der Waals surface area (Å²) in [5.74, 6) is -0.0913. The zero-order valence-corrected chi connectivity index (χ0v) is 15.3. The first-order valence-electron chi connectivity index (χ1n) is 9.18. The zero-order chi connectivity index (χ0) is 17.0. The number of rotatable bonds is 2. The summed E-state index contributed by atoms with van der Waals surface area (Å²) < 4.78 is 18.6. The molecular weight excluding hydrogens is 332 g/mol. The van der Waals surface area contributed by atoms with Gasteiger partial charge in [-0.25, -0.2) is 0 Å².